The monoisotopic (exact) mass is 446 g/mol. The number of carbonyl (C=O) groups is 1. The summed E-state index contributed by atoms with van der Waals surface area (Å²) in [5, 5.41) is 11.4. The zero-order valence-electron chi connectivity index (χ0n) is 17.5. The van der Waals surface area contributed by atoms with Crippen molar-refractivity contribution in [1.29, 1.82) is 0 Å². The Labute approximate surface area is 182 Å². The highest BCUT2D eigenvalue weighted by molar-refractivity contribution is 6.30. The van der Waals surface area contributed by atoms with Crippen molar-refractivity contribution in [3.63, 3.8) is 0 Å². The fourth-order valence-electron chi connectivity index (χ4n) is 2.81. The van der Waals surface area contributed by atoms with E-state index in [1.165, 1.54) is 0 Å². The van der Waals surface area contributed by atoms with Gasteiger partial charge in [0.25, 0.3) is 5.56 Å². The first-order chi connectivity index (χ1) is 14.8. The lowest BCUT2D eigenvalue weighted by atomic mass is 10.2. The standard InChI is InChI=1S/C20H23ClN6O4/c1-4-12(3)22-15(28)10-11-16-23-18(25-31-16)17-19(29)26(5-2)20(30)27(24-17)14-8-6-13(21)7-9-14/h6-9,12H,4-5,10-11H2,1-3H3,(H,22,28)/t12-/m0/s1. The summed E-state index contributed by atoms with van der Waals surface area (Å²) >= 11 is 5.92. The highest BCUT2D eigenvalue weighted by Crippen LogP contribution is 2.13. The molecule has 0 fully saturated rings. The molecule has 11 heteroatoms. The lowest BCUT2D eigenvalue weighted by Gasteiger charge is -2.10. The third kappa shape index (κ3) is 5.08. The third-order valence-corrected chi connectivity index (χ3v) is 4.96. The van der Waals surface area contributed by atoms with Gasteiger partial charge in [-0.15, -0.1) is 0 Å². The van der Waals surface area contributed by atoms with Crippen LogP contribution in [0, 0.1) is 0 Å². The van der Waals surface area contributed by atoms with E-state index >= 15 is 0 Å². The molecule has 1 amide bonds. The van der Waals surface area contributed by atoms with Crippen LogP contribution in [0.1, 0.15) is 39.5 Å². The number of rotatable bonds is 8. The number of hydrogen-bond donors (Lipinski definition) is 1. The lowest BCUT2D eigenvalue weighted by molar-refractivity contribution is -0.121. The summed E-state index contributed by atoms with van der Waals surface area (Å²) < 4.78 is 7.31. The summed E-state index contributed by atoms with van der Waals surface area (Å²) in [6, 6.07) is 6.54. The van der Waals surface area contributed by atoms with Gasteiger partial charge in [0.2, 0.25) is 17.6 Å². The Hall–Kier alpha value is -3.27. The fraction of sp³-hybridized carbons (Fsp3) is 0.400. The van der Waals surface area contributed by atoms with Crippen LogP contribution in [0.4, 0.5) is 0 Å². The van der Waals surface area contributed by atoms with Gasteiger partial charge >= 0.3 is 5.69 Å². The average Bonchev–Trinajstić information content (AvgIpc) is 3.22. The molecule has 0 aliphatic carbocycles. The molecule has 0 unspecified atom stereocenters. The van der Waals surface area contributed by atoms with Gasteiger partial charge in [0.05, 0.1) is 5.69 Å². The Morgan fingerprint density at radius 3 is 2.58 bits per heavy atom. The summed E-state index contributed by atoms with van der Waals surface area (Å²) in [6.45, 7) is 5.72. The summed E-state index contributed by atoms with van der Waals surface area (Å²) in [7, 11) is 0. The first kappa shape index (κ1) is 22.4. The van der Waals surface area contributed by atoms with E-state index < -0.39 is 11.2 Å². The van der Waals surface area contributed by atoms with Crippen LogP contribution in [0.3, 0.4) is 0 Å². The van der Waals surface area contributed by atoms with Crippen molar-refractivity contribution >= 4 is 17.5 Å². The molecule has 0 saturated carbocycles. The van der Waals surface area contributed by atoms with Crippen LogP contribution in [-0.4, -0.2) is 36.4 Å². The lowest BCUT2D eigenvalue weighted by Crippen LogP contribution is -2.41. The Morgan fingerprint density at radius 1 is 1.23 bits per heavy atom. The minimum absolute atomic E-state index is 0.0488. The number of halogens is 1. The SMILES string of the molecule is CC[C@H](C)NC(=O)CCc1nc(-c2nn(-c3ccc(Cl)cc3)c(=O)n(CC)c2=O)no1. The average molecular weight is 447 g/mol. The van der Waals surface area contributed by atoms with Crippen molar-refractivity contribution in [3.8, 4) is 17.2 Å². The minimum Gasteiger partial charge on any atom is -0.354 e. The molecule has 3 aromatic rings. The van der Waals surface area contributed by atoms with Gasteiger partial charge in [-0.25, -0.2) is 4.79 Å². The van der Waals surface area contributed by atoms with Gasteiger partial charge < -0.3 is 9.84 Å². The second kappa shape index (κ2) is 9.69. The predicted molar refractivity (Wildman–Crippen MR) is 114 cm³/mol. The normalized spacial score (nSPS) is 12.0. The number of aryl methyl sites for hydroxylation is 1. The molecule has 1 N–H and O–H groups in total. The van der Waals surface area contributed by atoms with E-state index in [9.17, 15) is 14.4 Å². The molecule has 10 nitrogen and oxygen atoms in total. The highest BCUT2D eigenvalue weighted by atomic mass is 35.5. The van der Waals surface area contributed by atoms with Gasteiger partial charge in [-0.3, -0.25) is 14.2 Å². The molecular weight excluding hydrogens is 424 g/mol. The van der Waals surface area contributed by atoms with Crippen LogP contribution in [0.15, 0.2) is 38.4 Å². The van der Waals surface area contributed by atoms with Crippen LogP contribution in [0.5, 0.6) is 0 Å². The molecule has 0 bridgehead atoms. The van der Waals surface area contributed by atoms with Crippen LogP contribution < -0.4 is 16.6 Å². The van der Waals surface area contributed by atoms with Crippen LogP contribution in [0.25, 0.3) is 17.2 Å². The van der Waals surface area contributed by atoms with Crippen LogP contribution in [-0.2, 0) is 17.8 Å². The second-order valence-corrected chi connectivity index (χ2v) is 7.39. The van der Waals surface area contributed by atoms with Crippen molar-refractivity contribution in [2.24, 2.45) is 0 Å². The zero-order valence-corrected chi connectivity index (χ0v) is 18.2. The first-order valence-corrected chi connectivity index (χ1v) is 10.3. The molecule has 0 aliphatic rings. The van der Waals surface area contributed by atoms with E-state index in [1.54, 1.807) is 31.2 Å². The molecule has 2 aromatic heterocycles. The van der Waals surface area contributed by atoms with Crippen molar-refractivity contribution in [2.45, 2.75) is 52.6 Å². The fourth-order valence-corrected chi connectivity index (χ4v) is 2.93. The molecule has 164 valence electrons. The molecule has 0 aliphatic heterocycles. The number of benzene rings is 1. The van der Waals surface area contributed by atoms with E-state index in [0.717, 1.165) is 15.7 Å². The first-order valence-electron chi connectivity index (χ1n) is 9.96. The maximum Gasteiger partial charge on any atom is 0.352 e. The minimum atomic E-state index is -0.625. The Morgan fingerprint density at radius 2 is 1.94 bits per heavy atom. The molecule has 0 spiro atoms. The number of hydrogen-bond acceptors (Lipinski definition) is 7. The number of nitrogens with one attached hydrogen (secondary N) is 1. The molecule has 1 aromatic carbocycles. The smallest absolute Gasteiger partial charge is 0.352 e. The molecule has 2 heterocycles. The predicted octanol–water partition coefficient (Wildman–Crippen LogP) is 1.96. The maximum atomic E-state index is 12.8. The maximum absolute atomic E-state index is 12.8. The Balaban J connectivity index is 1.92. The molecule has 1 atom stereocenters. The van der Waals surface area contributed by atoms with E-state index in [2.05, 4.69) is 20.6 Å². The largest absolute Gasteiger partial charge is 0.354 e. The van der Waals surface area contributed by atoms with E-state index in [0.29, 0.717) is 10.7 Å². The van der Waals surface area contributed by atoms with Crippen molar-refractivity contribution in [1.82, 2.24) is 29.8 Å². The third-order valence-electron chi connectivity index (χ3n) is 4.71. The van der Waals surface area contributed by atoms with Crippen molar-refractivity contribution < 1.29 is 9.32 Å². The molecule has 3 rings (SSSR count). The highest BCUT2D eigenvalue weighted by Gasteiger charge is 2.20. The zero-order chi connectivity index (χ0) is 22.5. The van der Waals surface area contributed by atoms with E-state index in [4.69, 9.17) is 16.1 Å². The number of aromatic nitrogens is 5. The van der Waals surface area contributed by atoms with Gasteiger partial charge in [-0.05, 0) is 44.5 Å². The van der Waals surface area contributed by atoms with Gasteiger partial charge in [0.1, 0.15) is 0 Å². The summed E-state index contributed by atoms with van der Waals surface area (Å²) in [5.74, 6) is 0.0203. The van der Waals surface area contributed by atoms with Gasteiger partial charge in [0, 0.05) is 30.5 Å². The van der Waals surface area contributed by atoms with Crippen molar-refractivity contribution in [2.75, 3.05) is 0 Å². The number of carbonyl (C=O) groups excluding carboxylic acids is 1. The molecule has 0 radical (unpaired) electrons. The molecular formula is C20H23ClN6O4. The van der Waals surface area contributed by atoms with Gasteiger partial charge in [-0.2, -0.15) is 14.8 Å². The quantitative estimate of drug-likeness (QED) is 0.560. The van der Waals surface area contributed by atoms with Crippen molar-refractivity contribution in [3.05, 3.63) is 56.0 Å². The van der Waals surface area contributed by atoms with E-state index in [1.807, 2.05) is 13.8 Å². The molecule has 0 saturated heterocycles. The Bertz CT molecular complexity index is 1180. The second-order valence-electron chi connectivity index (χ2n) is 6.96. The number of amides is 1. The Kier molecular flexibility index (Phi) is 7.01. The van der Waals surface area contributed by atoms with Crippen LogP contribution in [0.2, 0.25) is 5.02 Å². The summed E-state index contributed by atoms with van der Waals surface area (Å²) in [5.41, 5.74) is -0.915. The summed E-state index contributed by atoms with van der Waals surface area (Å²) in [4.78, 5) is 41.6. The van der Waals surface area contributed by atoms with Crippen LogP contribution >= 0.6 is 11.6 Å². The topological polar surface area (TPSA) is 125 Å². The number of nitrogens with zero attached hydrogens (tertiary/aromatic N) is 5. The van der Waals surface area contributed by atoms with Gasteiger partial charge in [-0.1, -0.05) is 23.7 Å². The summed E-state index contributed by atoms with van der Waals surface area (Å²) in [6.07, 6.45) is 1.21. The van der Waals surface area contributed by atoms with Gasteiger partial charge in [0.15, 0.2) is 5.69 Å². The molecule has 31 heavy (non-hydrogen) atoms. The van der Waals surface area contributed by atoms with E-state index in [-0.39, 0.29) is 48.7 Å².